The minimum absolute atomic E-state index is 0.581. The number of aromatic nitrogens is 6. The fraction of sp³-hybridized carbons (Fsp3) is 0.167. The molecule has 8 heteroatoms. The molecule has 0 spiro atoms. The van der Waals surface area contributed by atoms with Gasteiger partial charge in [-0.1, -0.05) is 0 Å². The van der Waals surface area contributed by atoms with Crippen LogP contribution in [-0.4, -0.2) is 28.9 Å². The Labute approximate surface area is 118 Å². The van der Waals surface area contributed by atoms with Gasteiger partial charge in [-0.3, -0.25) is 4.40 Å². The number of nitrogens with zero attached hydrogens (tertiary/aromatic N) is 6. The molecular weight excluding hydrogens is 274 g/mol. The lowest BCUT2D eigenvalue weighted by Crippen LogP contribution is -2.04. The lowest BCUT2D eigenvalue weighted by Gasteiger charge is -2.02. The first-order valence-electron chi connectivity index (χ1n) is 6.08. The molecule has 0 saturated carbocycles. The second-order valence-corrected chi connectivity index (χ2v) is 5.31. The largest absolute Gasteiger partial charge is 0.348 e. The maximum atomic E-state index is 4.50. The van der Waals surface area contributed by atoms with Crippen LogP contribution in [0.15, 0.2) is 30.3 Å². The predicted molar refractivity (Wildman–Crippen MR) is 76.7 cm³/mol. The van der Waals surface area contributed by atoms with Crippen LogP contribution >= 0.6 is 11.3 Å². The van der Waals surface area contributed by atoms with E-state index in [-0.39, 0.29) is 0 Å². The van der Waals surface area contributed by atoms with Gasteiger partial charge in [-0.15, -0.1) is 11.3 Å². The maximum Gasteiger partial charge on any atom is 0.225 e. The molecule has 0 radical (unpaired) electrons. The van der Waals surface area contributed by atoms with E-state index >= 15 is 0 Å². The molecule has 0 unspecified atom stereocenters. The van der Waals surface area contributed by atoms with Crippen molar-refractivity contribution in [2.24, 2.45) is 7.05 Å². The van der Waals surface area contributed by atoms with Crippen molar-refractivity contribution < 1.29 is 0 Å². The third kappa shape index (κ3) is 1.81. The number of aryl methyl sites for hydroxylation is 1. The molecule has 4 aromatic rings. The number of nitrogens with one attached hydrogen (secondary N) is 1. The van der Waals surface area contributed by atoms with Crippen LogP contribution in [0.3, 0.4) is 0 Å². The van der Waals surface area contributed by atoms with E-state index in [0.29, 0.717) is 12.5 Å². The molecule has 0 aliphatic heterocycles. The summed E-state index contributed by atoms with van der Waals surface area (Å²) < 4.78 is 3.88. The number of hydrogen-bond donors (Lipinski definition) is 1. The molecule has 4 aromatic heterocycles. The van der Waals surface area contributed by atoms with E-state index < -0.39 is 0 Å². The zero-order valence-corrected chi connectivity index (χ0v) is 11.5. The average molecular weight is 285 g/mol. The highest BCUT2D eigenvalue weighted by atomic mass is 32.1. The summed E-state index contributed by atoms with van der Waals surface area (Å²) in [6.45, 7) is 0.595. The van der Waals surface area contributed by atoms with Crippen molar-refractivity contribution in [2.75, 3.05) is 5.32 Å². The highest BCUT2D eigenvalue weighted by Crippen LogP contribution is 2.13. The van der Waals surface area contributed by atoms with E-state index in [0.717, 1.165) is 21.8 Å². The summed E-state index contributed by atoms with van der Waals surface area (Å²) in [5.74, 6) is 0.581. The molecule has 1 N–H and O–H groups in total. The summed E-state index contributed by atoms with van der Waals surface area (Å²) in [5, 5.41) is 5.20. The molecule has 100 valence electrons. The summed E-state index contributed by atoms with van der Waals surface area (Å²) in [6.07, 6.45) is 7.44. The van der Waals surface area contributed by atoms with Crippen molar-refractivity contribution >= 4 is 33.4 Å². The number of thiazole rings is 1. The molecule has 0 bridgehead atoms. The highest BCUT2D eigenvalue weighted by Gasteiger charge is 2.06. The standard InChI is InChI=1S/C12H11N7S/c1-18-7-15-9-5-14-11(17-10(9)18)13-4-8-6-19-2-3-20-12(19)16-8/h2-3,5-7H,4H2,1H3,(H,13,14,17). The Bertz CT molecular complexity index is 859. The third-order valence-electron chi connectivity index (χ3n) is 3.02. The Kier molecular flexibility index (Phi) is 2.43. The van der Waals surface area contributed by atoms with E-state index in [2.05, 4.69) is 25.3 Å². The molecule has 20 heavy (non-hydrogen) atoms. The predicted octanol–water partition coefficient (Wildman–Crippen LogP) is 1.68. The second-order valence-electron chi connectivity index (χ2n) is 4.44. The molecule has 0 atom stereocenters. The first-order valence-corrected chi connectivity index (χ1v) is 6.96. The fourth-order valence-corrected chi connectivity index (χ4v) is 2.76. The number of hydrogen-bond acceptors (Lipinski definition) is 6. The Hall–Kier alpha value is -2.48. The Morgan fingerprint density at radius 1 is 1.30 bits per heavy atom. The summed E-state index contributed by atoms with van der Waals surface area (Å²) in [7, 11) is 1.91. The van der Waals surface area contributed by atoms with Crippen LogP contribution in [0.25, 0.3) is 16.1 Å². The average Bonchev–Trinajstić information content (AvgIpc) is 3.11. The minimum Gasteiger partial charge on any atom is -0.348 e. The van der Waals surface area contributed by atoms with Gasteiger partial charge in [0.25, 0.3) is 0 Å². The van der Waals surface area contributed by atoms with Gasteiger partial charge in [0.15, 0.2) is 10.6 Å². The number of fused-ring (bicyclic) bond motifs is 2. The number of anilines is 1. The van der Waals surface area contributed by atoms with Gasteiger partial charge in [0, 0.05) is 24.8 Å². The molecular formula is C12H11N7S. The summed E-state index contributed by atoms with van der Waals surface area (Å²) >= 11 is 1.62. The van der Waals surface area contributed by atoms with Crippen molar-refractivity contribution in [2.45, 2.75) is 6.54 Å². The van der Waals surface area contributed by atoms with Crippen LogP contribution in [0.1, 0.15) is 5.69 Å². The molecule has 0 aliphatic rings. The zero-order chi connectivity index (χ0) is 13.5. The monoisotopic (exact) mass is 285 g/mol. The quantitative estimate of drug-likeness (QED) is 0.620. The lowest BCUT2D eigenvalue weighted by molar-refractivity contribution is 0.925. The van der Waals surface area contributed by atoms with Crippen molar-refractivity contribution in [3.05, 3.63) is 36.0 Å². The first-order chi connectivity index (χ1) is 9.79. The summed E-state index contributed by atoms with van der Waals surface area (Å²) in [5.41, 5.74) is 2.57. The van der Waals surface area contributed by atoms with Crippen molar-refractivity contribution in [3.8, 4) is 0 Å². The smallest absolute Gasteiger partial charge is 0.225 e. The first kappa shape index (κ1) is 11.4. The molecule has 4 heterocycles. The van der Waals surface area contributed by atoms with Gasteiger partial charge in [0.2, 0.25) is 5.95 Å². The Morgan fingerprint density at radius 2 is 2.25 bits per heavy atom. The van der Waals surface area contributed by atoms with Crippen molar-refractivity contribution in [1.29, 1.82) is 0 Å². The maximum absolute atomic E-state index is 4.50. The third-order valence-corrected chi connectivity index (χ3v) is 3.80. The van der Waals surface area contributed by atoms with E-state index in [9.17, 15) is 0 Å². The van der Waals surface area contributed by atoms with Crippen molar-refractivity contribution in [3.63, 3.8) is 0 Å². The SMILES string of the molecule is Cn1cnc2cnc(NCc3cn4ccsc4n3)nc21. The van der Waals surface area contributed by atoms with Gasteiger partial charge < -0.3 is 9.88 Å². The van der Waals surface area contributed by atoms with Crippen LogP contribution in [0.4, 0.5) is 5.95 Å². The molecule has 4 rings (SSSR count). The Morgan fingerprint density at radius 3 is 3.15 bits per heavy atom. The lowest BCUT2D eigenvalue weighted by atomic mass is 10.5. The number of rotatable bonds is 3. The van der Waals surface area contributed by atoms with Crippen LogP contribution in [0.5, 0.6) is 0 Å². The molecule has 0 saturated heterocycles. The van der Waals surface area contributed by atoms with E-state index in [1.807, 2.05) is 33.8 Å². The van der Waals surface area contributed by atoms with E-state index in [4.69, 9.17) is 0 Å². The summed E-state index contributed by atoms with van der Waals surface area (Å²) in [4.78, 5) is 18.4. The van der Waals surface area contributed by atoms with Crippen molar-refractivity contribution in [1.82, 2.24) is 28.9 Å². The van der Waals surface area contributed by atoms with Gasteiger partial charge in [0.1, 0.15) is 5.52 Å². The normalized spacial score (nSPS) is 11.4. The van der Waals surface area contributed by atoms with Gasteiger partial charge in [-0.05, 0) is 0 Å². The summed E-state index contributed by atoms with van der Waals surface area (Å²) in [6, 6.07) is 0. The molecule has 0 amide bonds. The molecule has 0 aromatic carbocycles. The highest BCUT2D eigenvalue weighted by molar-refractivity contribution is 7.15. The molecule has 0 aliphatic carbocycles. The number of imidazole rings is 2. The van der Waals surface area contributed by atoms with Crippen LogP contribution in [0.2, 0.25) is 0 Å². The Balaban J connectivity index is 1.57. The van der Waals surface area contributed by atoms with E-state index in [1.54, 1.807) is 23.9 Å². The van der Waals surface area contributed by atoms with Crippen LogP contribution in [-0.2, 0) is 13.6 Å². The molecule has 7 nitrogen and oxygen atoms in total. The van der Waals surface area contributed by atoms with Crippen LogP contribution < -0.4 is 5.32 Å². The van der Waals surface area contributed by atoms with Gasteiger partial charge in [-0.2, -0.15) is 4.98 Å². The minimum atomic E-state index is 0.581. The van der Waals surface area contributed by atoms with Crippen LogP contribution in [0, 0.1) is 0 Å². The van der Waals surface area contributed by atoms with Gasteiger partial charge >= 0.3 is 0 Å². The van der Waals surface area contributed by atoms with Gasteiger partial charge in [0.05, 0.1) is 24.8 Å². The zero-order valence-electron chi connectivity index (χ0n) is 10.7. The van der Waals surface area contributed by atoms with E-state index in [1.165, 1.54) is 0 Å². The topological polar surface area (TPSA) is 72.9 Å². The fourth-order valence-electron chi connectivity index (χ4n) is 2.04. The molecule has 0 fully saturated rings. The van der Waals surface area contributed by atoms with Gasteiger partial charge in [-0.25, -0.2) is 15.0 Å². The second kappa shape index (κ2) is 4.27.